The number of hydrogen-bond donors (Lipinski definition) is 1. The molecule has 0 radical (unpaired) electrons. The number of benzene rings is 2. The Bertz CT molecular complexity index is 1040. The van der Waals surface area contributed by atoms with Gasteiger partial charge in [0.15, 0.2) is 11.6 Å². The van der Waals surface area contributed by atoms with Crippen LogP contribution in [-0.4, -0.2) is 21.1 Å². The lowest BCUT2D eigenvalue weighted by atomic mass is 10.2. The molecule has 3 aromatic rings. The lowest BCUT2D eigenvalue weighted by Crippen LogP contribution is -2.23. The molecule has 2 aromatic carbocycles. The second-order valence-electron chi connectivity index (χ2n) is 5.75. The van der Waals surface area contributed by atoms with Crippen LogP contribution in [0.1, 0.15) is 12.7 Å². The normalized spacial score (nSPS) is 12.8. The van der Waals surface area contributed by atoms with E-state index < -0.39 is 34.8 Å². The first-order valence-corrected chi connectivity index (χ1v) is 8.79. The van der Waals surface area contributed by atoms with Gasteiger partial charge < -0.3 is 5.32 Å². The zero-order chi connectivity index (χ0) is 20.5. The summed E-state index contributed by atoms with van der Waals surface area (Å²) in [5, 5.41) is 1.88. The molecule has 0 saturated carbocycles. The van der Waals surface area contributed by atoms with Gasteiger partial charge in [-0.1, -0.05) is 30.0 Å². The van der Waals surface area contributed by atoms with Crippen LogP contribution in [0.4, 0.5) is 27.6 Å². The van der Waals surface area contributed by atoms with Gasteiger partial charge in [-0.25, -0.2) is 18.7 Å². The Morgan fingerprint density at radius 2 is 1.79 bits per heavy atom. The third-order valence-electron chi connectivity index (χ3n) is 3.67. The highest BCUT2D eigenvalue weighted by Gasteiger charge is 2.36. The molecule has 0 saturated heterocycles. The van der Waals surface area contributed by atoms with Gasteiger partial charge in [0.05, 0.1) is 10.8 Å². The number of alkyl halides is 3. The first-order valence-electron chi connectivity index (χ1n) is 7.91. The van der Waals surface area contributed by atoms with Crippen molar-refractivity contribution < 1.29 is 26.7 Å². The summed E-state index contributed by atoms with van der Waals surface area (Å²) in [6.07, 6.45) is -4.74. The minimum Gasteiger partial charge on any atom is -0.325 e. The molecule has 1 heterocycles. The van der Waals surface area contributed by atoms with Crippen molar-refractivity contribution in [3.63, 3.8) is 0 Å². The molecule has 0 bridgehead atoms. The molecule has 1 N–H and O–H groups in total. The fourth-order valence-electron chi connectivity index (χ4n) is 2.30. The quantitative estimate of drug-likeness (QED) is 0.370. The van der Waals surface area contributed by atoms with Crippen LogP contribution >= 0.6 is 11.8 Å². The largest absolute Gasteiger partial charge is 0.451 e. The predicted molar refractivity (Wildman–Crippen MR) is 94.8 cm³/mol. The summed E-state index contributed by atoms with van der Waals surface area (Å²) >= 11 is 0.807. The molecule has 0 fully saturated rings. The first-order chi connectivity index (χ1) is 13.1. The molecule has 1 amide bonds. The van der Waals surface area contributed by atoms with Gasteiger partial charge in [-0.15, -0.1) is 0 Å². The summed E-state index contributed by atoms with van der Waals surface area (Å²) in [5.74, 6) is -4.10. The lowest BCUT2D eigenvalue weighted by molar-refractivity contribution is -0.145. The molecule has 28 heavy (non-hydrogen) atoms. The van der Waals surface area contributed by atoms with E-state index in [0.717, 1.165) is 23.9 Å². The molecule has 0 aliphatic heterocycles. The lowest BCUT2D eigenvalue weighted by Gasteiger charge is -2.14. The van der Waals surface area contributed by atoms with E-state index in [-0.39, 0.29) is 16.2 Å². The molecule has 0 aliphatic carbocycles. The molecule has 4 nitrogen and oxygen atoms in total. The minimum atomic E-state index is -4.74. The van der Waals surface area contributed by atoms with Crippen LogP contribution in [0.5, 0.6) is 0 Å². The van der Waals surface area contributed by atoms with Crippen molar-refractivity contribution in [2.45, 2.75) is 23.4 Å². The highest BCUT2D eigenvalue weighted by Crippen LogP contribution is 2.33. The topological polar surface area (TPSA) is 54.9 Å². The smallest absolute Gasteiger partial charge is 0.325 e. The molecule has 0 spiro atoms. The molecule has 10 heteroatoms. The van der Waals surface area contributed by atoms with E-state index in [0.29, 0.717) is 5.39 Å². The van der Waals surface area contributed by atoms with Crippen molar-refractivity contribution in [2.75, 3.05) is 5.32 Å². The van der Waals surface area contributed by atoms with Crippen molar-refractivity contribution in [3.8, 4) is 0 Å². The van der Waals surface area contributed by atoms with Gasteiger partial charge in [-0.2, -0.15) is 13.2 Å². The zero-order valence-electron chi connectivity index (χ0n) is 14.2. The summed E-state index contributed by atoms with van der Waals surface area (Å²) in [5.41, 5.74) is 0.125. The standard InChI is InChI=1S/C18H12F5N3OS/c1-9(15(27)24-10-6-7-12(19)13(20)8-10)28-16-11-4-2-3-5-14(11)25-17(26-16)18(21,22)23/h2-9H,1H3,(H,24,27). The van der Waals surface area contributed by atoms with Gasteiger partial charge in [0.2, 0.25) is 11.7 Å². The highest BCUT2D eigenvalue weighted by molar-refractivity contribution is 8.00. The van der Waals surface area contributed by atoms with Crippen LogP contribution in [0.15, 0.2) is 47.5 Å². The van der Waals surface area contributed by atoms with Crippen molar-refractivity contribution >= 4 is 34.3 Å². The third kappa shape index (κ3) is 4.38. The van der Waals surface area contributed by atoms with E-state index in [4.69, 9.17) is 0 Å². The molecular weight excluding hydrogens is 401 g/mol. The van der Waals surface area contributed by atoms with Crippen LogP contribution in [0.25, 0.3) is 10.9 Å². The maximum Gasteiger partial charge on any atom is 0.451 e. The summed E-state index contributed by atoms with van der Waals surface area (Å²) in [7, 11) is 0. The molecule has 1 aromatic heterocycles. The van der Waals surface area contributed by atoms with Gasteiger partial charge in [0.1, 0.15) is 5.03 Å². The Labute approximate surface area is 160 Å². The number of hydrogen-bond acceptors (Lipinski definition) is 4. The summed E-state index contributed by atoms with van der Waals surface area (Å²) < 4.78 is 65.4. The van der Waals surface area contributed by atoms with Crippen molar-refractivity contribution in [1.29, 1.82) is 0 Å². The Balaban J connectivity index is 1.86. The molecule has 146 valence electrons. The number of nitrogens with one attached hydrogen (secondary N) is 1. The number of para-hydroxylation sites is 1. The predicted octanol–water partition coefficient (Wildman–Crippen LogP) is 5.05. The fourth-order valence-corrected chi connectivity index (χ4v) is 3.24. The summed E-state index contributed by atoms with van der Waals surface area (Å²) in [4.78, 5) is 19.4. The number of thioether (sulfide) groups is 1. The van der Waals surface area contributed by atoms with Gasteiger partial charge in [0, 0.05) is 17.1 Å². The second kappa shape index (κ2) is 7.70. The SMILES string of the molecule is CC(Sc1nc(C(F)(F)F)nc2ccccc12)C(=O)Nc1ccc(F)c(F)c1. The van der Waals surface area contributed by atoms with E-state index in [1.54, 1.807) is 18.2 Å². The van der Waals surface area contributed by atoms with Crippen LogP contribution < -0.4 is 5.32 Å². The van der Waals surface area contributed by atoms with E-state index in [1.807, 2.05) is 0 Å². The second-order valence-corrected chi connectivity index (χ2v) is 7.08. The number of aromatic nitrogens is 2. The monoisotopic (exact) mass is 413 g/mol. The number of amides is 1. The number of rotatable bonds is 4. The van der Waals surface area contributed by atoms with Gasteiger partial charge >= 0.3 is 6.18 Å². The van der Waals surface area contributed by atoms with E-state index in [2.05, 4.69) is 15.3 Å². The van der Waals surface area contributed by atoms with Crippen molar-refractivity contribution in [2.24, 2.45) is 0 Å². The van der Waals surface area contributed by atoms with Crippen LogP contribution in [0.2, 0.25) is 0 Å². The number of anilines is 1. The number of carbonyl (C=O) groups is 1. The molecule has 3 rings (SSSR count). The Kier molecular flexibility index (Phi) is 5.50. The van der Waals surface area contributed by atoms with Gasteiger partial charge in [-0.3, -0.25) is 4.79 Å². The van der Waals surface area contributed by atoms with E-state index in [1.165, 1.54) is 19.1 Å². The number of nitrogens with zero attached hydrogens (tertiary/aromatic N) is 2. The minimum absolute atomic E-state index is 0.00846. The molecule has 1 atom stereocenters. The van der Waals surface area contributed by atoms with Crippen molar-refractivity contribution in [3.05, 3.63) is 59.9 Å². The Morgan fingerprint density at radius 3 is 2.46 bits per heavy atom. The maximum atomic E-state index is 13.3. The fraction of sp³-hybridized carbons (Fsp3) is 0.167. The van der Waals surface area contributed by atoms with Gasteiger partial charge in [-0.05, 0) is 25.1 Å². The maximum absolute atomic E-state index is 13.3. The zero-order valence-corrected chi connectivity index (χ0v) is 15.0. The third-order valence-corrected chi connectivity index (χ3v) is 4.77. The highest BCUT2D eigenvalue weighted by atomic mass is 32.2. The summed E-state index contributed by atoms with van der Waals surface area (Å²) in [6.45, 7) is 1.46. The van der Waals surface area contributed by atoms with Crippen molar-refractivity contribution in [1.82, 2.24) is 9.97 Å². The van der Waals surface area contributed by atoms with Gasteiger partial charge in [0.25, 0.3) is 0 Å². The summed E-state index contributed by atoms with van der Waals surface area (Å²) in [6, 6.07) is 8.98. The van der Waals surface area contributed by atoms with E-state index in [9.17, 15) is 26.7 Å². The number of fused-ring (bicyclic) bond motifs is 1. The average Bonchev–Trinajstić information content (AvgIpc) is 2.63. The molecule has 0 aliphatic rings. The Hall–Kier alpha value is -2.75. The number of carbonyl (C=O) groups excluding carboxylic acids is 1. The van der Waals surface area contributed by atoms with Crippen LogP contribution in [0, 0.1) is 11.6 Å². The van der Waals surface area contributed by atoms with Crippen LogP contribution in [-0.2, 0) is 11.0 Å². The molecule has 1 unspecified atom stereocenters. The average molecular weight is 413 g/mol. The number of halogens is 5. The van der Waals surface area contributed by atoms with Crippen LogP contribution in [0.3, 0.4) is 0 Å². The molecular formula is C18H12F5N3OS. The Morgan fingerprint density at radius 1 is 1.07 bits per heavy atom. The first kappa shape index (κ1) is 20.0. The van der Waals surface area contributed by atoms with E-state index >= 15 is 0 Å².